The average molecular weight is 302 g/mol. The van der Waals surface area contributed by atoms with Crippen molar-refractivity contribution in [3.05, 3.63) is 29.8 Å². The third kappa shape index (κ3) is 5.70. The van der Waals surface area contributed by atoms with Crippen LogP contribution >= 0.6 is 8.03 Å². The molecule has 0 aliphatic heterocycles. The molecule has 0 saturated carbocycles. The highest BCUT2D eigenvalue weighted by molar-refractivity contribution is 7.91. The number of benzene rings is 1. The smallest absolute Gasteiger partial charge is 0.196 e. The molecule has 3 unspecified atom stereocenters. The van der Waals surface area contributed by atoms with Crippen molar-refractivity contribution in [1.82, 2.24) is 0 Å². The first-order chi connectivity index (χ1) is 9.06. The quantitative estimate of drug-likeness (QED) is 0.450. The Balaban J connectivity index is 2.53. The summed E-state index contributed by atoms with van der Waals surface area (Å²) in [4.78, 5) is 9.92. The predicted octanol–water partition coefficient (Wildman–Crippen LogP) is 3.90. The molecule has 0 aliphatic rings. The average Bonchev–Trinajstić information content (AvgIpc) is 2.42. The first kappa shape index (κ1) is 16.8. The Bertz CT molecular complexity index is 394. The van der Waals surface area contributed by atoms with Gasteiger partial charge in [-0.25, -0.2) is 0 Å². The molecule has 108 valence electrons. The molecule has 0 fully saturated rings. The fourth-order valence-electron chi connectivity index (χ4n) is 1.83. The van der Waals surface area contributed by atoms with Crippen LogP contribution in [0.1, 0.15) is 50.8 Å². The molecule has 3 atom stereocenters. The largest absolute Gasteiger partial charge is 0.611 e. The lowest BCUT2D eigenvalue weighted by Crippen LogP contribution is -2.07. The summed E-state index contributed by atoms with van der Waals surface area (Å²) in [6.45, 7) is 3.89. The maximum absolute atomic E-state index is 12.0. The summed E-state index contributed by atoms with van der Waals surface area (Å²) >= 11 is -0.951. The Morgan fingerprint density at radius 3 is 2.42 bits per heavy atom. The van der Waals surface area contributed by atoms with E-state index in [0.29, 0.717) is 5.75 Å². The highest BCUT2D eigenvalue weighted by atomic mass is 32.2. The zero-order valence-electron chi connectivity index (χ0n) is 11.6. The standard InChI is InChI=1S/C14H23O3PS/c1-3-4-5-6-11-19(17)14-9-7-13(8-10-14)12(2)18(15)16/h7-10,12,18H,3-6,11H2,1-2H3,(H,15,16). The van der Waals surface area contributed by atoms with Crippen LogP contribution in [-0.4, -0.2) is 15.2 Å². The summed E-state index contributed by atoms with van der Waals surface area (Å²) in [6.07, 6.45) is 4.49. The molecule has 0 saturated heterocycles. The van der Waals surface area contributed by atoms with E-state index in [9.17, 15) is 9.12 Å². The van der Waals surface area contributed by atoms with Crippen molar-refractivity contribution >= 4 is 19.2 Å². The van der Waals surface area contributed by atoms with E-state index in [1.165, 1.54) is 12.8 Å². The van der Waals surface area contributed by atoms with E-state index >= 15 is 0 Å². The van der Waals surface area contributed by atoms with Crippen LogP contribution in [0.3, 0.4) is 0 Å². The number of rotatable bonds is 8. The minimum atomic E-state index is -2.54. The van der Waals surface area contributed by atoms with E-state index in [-0.39, 0.29) is 5.66 Å². The lowest BCUT2D eigenvalue weighted by molar-refractivity contribution is 0.493. The molecule has 0 aliphatic carbocycles. The molecular weight excluding hydrogens is 279 g/mol. The van der Waals surface area contributed by atoms with Crippen LogP contribution in [0.25, 0.3) is 0 Å². The Kier molecular flexibility index (Phi) is 7.77. The summed E-state index contributed by atoms with van der Waals surface area (Å²) in [5.74, 6) is 0.700. The molecule has 0 aromatic heterocycles. The molecular formula is C14H23O3PS. The van der Waals surface area contributed by atoms with Gasteiger partial charge in [-0.05, 0) is 48.6 Å². The van der Waals surface area contributed by atoms with Crippen molar-refractivity contribution in [2.45, 2.75) is 50.1 Å². The predicted molar refractivity (Wildman–Crippen MR) is 81.5 cm³/mol. The molecule has 3 nitrogen and oxygen atoms in total. The lowest BCUT2D eigenvalue weighted by Gasteiger charge is -2.12. The molecule has 1 rings (SSSR count). The fourth-order valence-corrected chi connectivity index (χ4v) is 3.45. The summed E-state index contributed by atoms with van der Waals surface area (Å²) in [7, 11) is -2.54. The zero-order valence-corrected chi connectivity index (χ0v) is 13.4. The van der Waals surface area contributed by atoms with Gasteiger partial charge in [-0.15, -0.1) is 0 Å². The molecule has 1 aromatic carbocycles. The minimum Gasteiger partial charge on any atom is -0.611 e. The van der Waals surface area contributed by atoms with Crippen molar-refractivity contribution in [2.75, 3.05) is 5.75 Å². The highest BCUT2D eigenvalue weighted by Crippen LogP contribution is 2.36. The molecule has 0 radical (unpaired) electrons. The molecule has 0 heterocycles. The topological polar surface area (TPSA) is 60.4 Å². The number of hydrogen-bond acceptors (Lipinski definition) is 2. The first-order valence-electron chi connectivity index (χ1n) is 6.77. The Morgan fingerprint density at radius 2 is 1.89 bits per heavy atom. The van der Waals surface area contributed by atoms with Gasteiger partial charge in [-0.2, -0.15) is 0 Å². The molecule has 0 bridgehead atoms. The zero-order chi connectivity index (χ0) is 14.3. The van der Waals surface area contributed by atoms with E-state index in [1.54, 1.807) is 6.92 Å². The van der Waals surface area contributed by atoms with Gasteiger partial charge in [0.2, 0.25) is 0 Å². The Hall–Kier alpha value is -0.280. The van der Waals surface area contributed by atoms with Crippen molar-refractivity contribution < 1.29 is 14.0 Å². The van der Waals surface area contributed by atoms with Crippen LogP contribution < -0.4 is 0 Å². The van der Waals surface area contributed by atoms with Crippen LogP contribution in [0, 0.1) is 0 Å². The summed E-state index contributed by atoms with van der Waals surface area (Å²) in [5.41, 5.74) is 0.496. The van der Waals surface area contributed by atoms with Gasteiger partial charge in [0.15, 0.2) is 12.9 Å². The Labute approximate surface area is 119 Å². The fraction of sp³-hybridized carbons (Fsp3) is 0.571. The Morgan fingerprint density at radius 1 is 1.26 bits per heavy atom. The minimum absolute atomic E-state index is 0.336. The van der Waals surface area contributed by atoms with Crippen LogP contribution in [0.15, 0.2) is 29.2 Å². The van der Waals surface area contributed by atoms with Crippen LogP contribution in [0.2, 0.25) is 0 Å². The normalized spacial score (nSPS) is 16.0. The van der Waals surface area contributed by atoms with Crippen molar-refractivity contribution in [3.63, 3.8) is 0 Å². The summed E-state index contributed by atoms with van der Waals surface area (Å²) in [6, 6.07) is 7.24. The second-order valence-electron chi connectivity index (χ2n) is 4.74. The molecule has 19 heavy (non-hydrogen) atoms. The van der Waals surface area contributed by atoms with Crippen molar-refractivity contribution in [1.29, 1.82) is 0 Å². The van der Waals surface area contributed by atoms with E-state index < -0.39 is 19.2 Å². The molecule has 1 N–H and O–H groups in total. The molecule has 5 heteroatoms. The maximum atomic E-state index is 12.0. The van der Waals surface area contributed by atoms with Gasteiger partial charge in [0, 0.05) is 0 Å². The van der Waals surface area contributed by atoms with E-state index in [4.69, 9.17) is 4.89 Å². The van der Waals surface area contributed by atoms with Gasteiger partial charge in [0.05, 0.1) is 5.66 Å². The third-order valence-electron chi connectivity index (χ3n) is 3.20. The van der Waals surface area contributed by atoms with E-state index in [1.807, 2.05) is 24.3 Å². The SMILES string of the molecule is CCCCCC[S+]([O-])c1ccc(C(C)[PH](=O)O)cc1. The second-order valence-corrected chi connectivity index (χ2v) is 7.85. The van der Waals surface area contributed by atoms with E-state index in [0.717, 1.165) is 23.3 Å². The van der Waals surface area contributed by atoms with Crippen molar-refractivity contribution in [2.24, 2.45) is 0 Å². The van der Waals surface area contributed by atoms with Crippen LogP contribution in [-0.2, 0) is 15.7 Å². The first-order valence-corrected chi connectivity index (χ1v) is 9.52. The second kappa shape index (κ2) is 8.80. The molecule has 0 amide bonds. The summed E-state index contributed by atoms with van der Waals surface area (Å²) < 4.78 is 23.1. The van der Waals surface area contributed by atoms with Crippen molar-refractivity contribution in [3.8, 4) is 0 Å². The third-order valence-corrected chi connectivity index (χ3v) is 5.73. The monoisotopic (exact) mass is 302 g/mol. The lowest BCUT2D eigenvalue weighted by atomic mass is 10.2. The van der Waals surface area contributed by atoms with Gasteiger partial charge in [0.1, 0.15) is 5.75 Å². The van der Waals surface area contributed by atoms with E-state index in [2.05, 4.69) is 6.92 Å². The van der Waals surface area contributed by atoms with Gasteiger partial charge in [-0.3, -0.25) is 4.57 Å². The number of hydrogen-bond donors (Lipinski definition) is 1. The van der Waals surface area contributed by atoms with Gasteiger partial charge >= 0.3 is 0 Å². The van der Waals surface area contributed by atoms with Gasteiger partial charge < -0.3 is 9.45 Å². The van der Waals surface area contributed by atoms with Crippen LogP contribution in [0.5, 0.6) is 0 Å². The number of unbranched alkanes of at least 4 members (excludes halogenated alkanes) is 3. The maximum Gasteiger partial charge on any atom is 0.196 e. The highest BCUT2D eigenvalue weighted by Gasteiger charge is 2.14. The summed E-state index contributed by atoms with van der Waals surface area (Å²) in [5, 5.41) is 0. The molecule has 0 spiro atoms. The van der Waals surface area contributed by atoms with Crippen LogP contribution in [0.4, 0.5) is 0 Å². The van der Waals surface area contributed by atoms with Gasteiger partial charge in [-0.1, -0.05) is 31.9 Å². The van der Waals surface area contributed by atoms with Gasteiger partial charge in [0.25, 0.3) is 0 Å². The molecule has 1 aromatic rings.